The number of thiazole rings is 1. The topological polar surface area (TPSA) is 75.9 Å². The van der Waals surface area contributed by atoms with Gasteiger partial charge in [0.2, 0.25) is 5.91 Å². The molecule has 1 saturated heterocycles. The Morgan fingerprint density at radius 1 is 1.15 bits per heavy atom. The predicted octanol–water partition coefficient (Wildman–Crippen LogP) is 2.48. The van der Waals surface area contributed by atoms with Crippen LogP contribution in [0.15, 0.2) is 36.9 Å². The van der Waals surface area contributed by atoms with Gasteiger partial charge in [-0.15, -0.1) is 11.3 Å². The lowest BCUT2D eigenvalue weighted by Crippen LogP contribution is -2.22. The maximum absolute atomic E-state index is 12.3. The van der Waals surface area contributed by atoms with Crippen LogP contribution in [-0.2, 0) is 11.3 Å². The smallest absolute Gasteiger partial charge is 0.221 e. The van der Waals surface area contributed by atoms with Crippen LogP contribution in [0.3, 0.4) is 0 Å². The Labute approximate surface area is 161 Å². The summed E-state index contributed by atoms with van der Waals surface area (Å²) in [6.07, 6.45) is 6.12. The molecule has 1 N–H and O–H groups in total. The molecule has 8 heteroatoms. The fourth-order valence-electron chi connectivity index (χ4n) is 3.80. The van der Waals surface area contributed by atoms with Gasteiger partial charge >= 0.3 is 0 Å². The van der Waals surface area contributed by atoms with Gasteiger partial charge in [0.25, 0.3) is 0 Å². The van der Waals surface area contributed by atoms with Crippen LogP contribution in [0.1, 0.15) is 41.3 Å². The molecule has 2 aliphatic heterocycles. The van der Waals surface area contributed by atoms with E-state index in [0.29, 0.717) is 13.0 Å². The zero-order valence-electron chi connectivity index (χ0n) is 14.8. The molecule has 138 valence electrons. The molecular formula is C19H20N6OS. The maximum Gasteiger partial charge on any atom is 0.221 e. The number of anilines is 1. The molecule has 0 spiro atoms. The van der Waals surface area contributed by atoms with Crippen molar-refractivity contribution in [3.8, 4) is 5.69 Å². The van der Waals surface area contributed by atoms with Crippen molar-refractivity contribution in [2.45, 2.75) is 31.7 Å². The first-order valence-corrected chi connectivity index (χ1v) is 10.1. The van der Waals surface area contributed by atoms with Gasteiger partial charge in [0.05, 0.1) is 17.9 Å². The van der Waals surface area contributed by atoms with Crippen LogP contribution in [0.4, 0.5) is 5.13 Å². The number of hydrogen-bond acceptors (Lipinski definition) is 6. The first-order chi connectivity index (χ1) is 13.3. The molecule has 1 unspecified atom stereocenters. The number of nitrogens with zero attached hydrogens (tertiary/aromatic N) is 5. The molecule has 0 saturated carbocycles. The SMILES string of the molecule is O=C1CC(c2ccc(-n3cncn3)cc2)c2sc(N3CCCC3)nc2CN1. The van der Waals surface area contributed by atoms with E-state index in [4.69, 9.17) is 4.98 Å². The number of carbonyl (C=O) groups is 1. The molecule has 1 fully saturated rings. The molecule has 1 atom stereocenters. The summed E-state index contributed by atoms with van der Waals surface area (Å²) in [5, 5.41) is 8.26. The van der Waals surface area contributed by atoms with Crippen LogP contribution < -0.4 is 10.2 Å². The van der Waals surface area contributed by atoms with E-state index in [1.54, 1.807) is 22.3 Å². The van der Waals surface area contributed by atoms with Crippen molar-refractivity contribution in [1.29, 1.82) is 0 Å². The van der Waals surface area contributed by atoms with E-state index in [2.05, 4.69) is 32.4 Å². The van der Waals surface area contributed by atoms with Gasteiger partial charge in [-0.2, -0.15) is 5.10 Å². The molecule has 1 amide bonds. The molecule has 2 aromatic heterocycles. The second-order valence-electron chi connectivity index (χ2n) is 6.97. The molecule has 4 heterocycles. The van der Waals surface area contributed by atoms with Crippen molar-refractivity contribution in [3.05, 3.63) is 53.1 Å². The van der Waals surface area contributed by atoms with E-state index in [9.17, 15) is 4.79 Å². The van der Waals surface area contributed by atoms with E-state index in [-0.39, 0.29) is 11.8 Å². The quantitative estimate of drug-likeness (QED) is 0.755. The number of fused-ring (bicyclic) bond motifs is 1. The van der Waals surface area contributed by atoms with Gasteiger partial charge in [-0.05, 0) is 30.5 Å². The van der Waals surface area contributed by atoms with Gasteiger partial charge in [-0.25, -0.2) is 14.6 Å². The van der Waals surface area contributed by atoms with Crippen molar-refractivity contribution < 1.29 is 4.79 Å². The Morgan fingerprint density at radius 3 is 2.70 bits per heavy atom. The molecule has 1 aromatic carbocycles. The van der Waals surface area contributed by atoms with Crippen LogP contribution in [0.5, 0.6) is 0 Å². The minimum atomic E-state index is 0.0427. The van der Waals surface area contributed by atoms with Crippen LogP contribution in [-0.4, -0.2) is 38.7 Å². The third-order valence-electron chi connectivity index (χ3n) is 5.23. The summed E-state index contributed by atoms with van der Waals surface area (Å²) in [6, 6.07) is 8.21. The summed E-state index contributed by atoms with van der Waals surface area (Å²) in [6.45, 7) is 2.68. The molecule has 27 heavy (non-hydrogen) atoms. The van der Waals surface area contributed by atoms with Crippen molar-refractivity contribution >= 4 is 22.4 Å². The van der Waals surface area contributed by atoms with Gasteiger partial charge in [0.15, 0.2) is 5.13 Å². The summed E-state index contributed by atoms with van der Waals surface area (Å²) < 4.78 is 1.73. The van der Waals surface area contributed by atoms with Crippen molar-refractivity contribution in [2.24, 2.45) is 0 Å². The Morgan fingerprint density at radius 2 is 1.96 bits per heavy atom. The zero-order valence-corrected chi connectivity index (χ0v) is 15.7. The van der Waals surface area contributed by atoms with Crippen LogP contribution in [0.2, 0.25) is 0 Å². The summed E-state index contributed by atoms with van der Waals surface area (Å²) in [4.78, 5) is 24.7. The summed E-state index contributed by atoms with van der Waals surface area (Å²) >= 11 is 1.75. The Balaban J connectivity index is 1.50. The summed E-state index contributed by atoms with van der Waals surface area (Å²) in [5.41, 5.74) is 3.10. The highest BCUT2D eigenvalue weighted by Crippen LogP contribution is 2.40. The molecule has 0 bridgehead atoms. The molecule has 7 nitrogen and oxygen atoms in total. The average Bonchev–Trinajstić information content (AvgIpc) is 3.45. The molecule has 5 rings (SSSR count). The number of nitrogens with one attached hydrogen (secondary N) is 1. The standard InChI is InChI=1S/C19H20N6OS/c26-17-9-15(13-3-5-14(6-4-13)25-12-20-11-22-25)18-16(10-21-17)23-19(27-18)24-7-1-2-8-24/h3-6,11-12,15H,1-2,7-10H2,(H,21,26). The Bertz CT molecular complexity index is 943. The second kappa shape index (κ2) is 6.77. The number of hydrogen-bond donors (Lipinski definition) is 1. The lowest BCUT2D eigenvalue weighted by Gasteiger charge is -2.15. The van der Waals surface area contributed by atoms with Crippen LogP contribution in [0, 0.1) is 0 Å². The predicted molar refractivity (Wildman–Crippen MR) is 103 cm³/mol. The minimum Gasteiger partial charge on any atom is -0.350 e. The normalized spacial score (nSPS) is 19.6. The molecule has 2 aliphatic rings. The third-order valence-corrected chi connectivity index (χ3v) is 6.50. The summed E-state index contributed by atoms with van der Waals surface area (Å²) in [5.74, 6) is 0.120. The number of rotatable bonds is 3. The van der Waals surface area contributed by atoms with Crippen LogP contribution >= 0.6 is 11.3 Å². The second-order valence-corrected chi connectivity index (χ2v) is 7.98. The lowest BCUT2D eigenvalue weighted by molar-refractivity contribution is -0.121. The minimum absolute atomic E-state index is 0.0427. The number of carbonyl (C=O) groups excluding carboxylic acids is 1. The molecule has 0 radical (unpaired) electrons. The largest absolute Gasteiger partial charge is 0.350 e. The lowest BCUT2D eigenvalue weighted by atomic mass is 9.93. The van der Waals surface area contributed by atoms with Crippen molar-refractivity contribution in [3.63, 3.8) is 0 Å². The average molecular weight is 380 g/mol. The number of aromatic nitrogens is 4. The van der Waals surface area contributed by atoms with Crippen LogP contribution in [0.25, 0.3) is 5.69 Å². The first kappa shape index (κ1) is 16.4. The number of benzene rings is 1. The van der Waals surface area contributed by atoms with E-state index in [1.807, 2.05) is 12.1 Å². The van der Waals surface area contributed by atoms with E-state index in [0.717, 1.165) is 35.2 Å². The highest BCUT2D eigenvalue weighted by atomic mass is 32.1. The van der Waals surface area contributed by atoms with E-state index in [1.165, 1.54) is 24.0 Å². The Kier molecular flexibility index (Phi) is 4.12. The molecule has 0 aliphatic carbocycles. The highest BCUT2D eigenvalue weighted by Gasteiger charge is 2.29. The first-order valence-electron chi connectivity index (χ1n) is 9.24. The van der Waals surface area contributed by atoms with E-state index < -0.39 is 0 Å². The third kappa shape index (κ3) is 3.10. The monoisotopic (exact) mass is 380 g/mol. The fraction of sp³-hybridized carbons (Fsp3) is 0.368. The van der Waals surface area contributed by atoms with Crippen molar-refractivity contribution in [1.82, 2.24) is 25.1 Å². The van der Waals surface area contributed by atoms with Gasteiger partial charge < -0.3 is 10.2 Å². The molecule has 3 aromatic rings. The van der Waals surface area contributed by atoms with Gasteiger partial charge in [-0.1, -0.05) is 12.1 Å². The fourth-order valence-corrected chi connectivity index (χ4v) is 5.06. The number of amides is 1. The maximum atomic E-state index is 12.3. The summed E-state index contributed by atoms with van der Waals surface area (Å²) in [7, 11) is 0. The van der Waals surface area contributed by atoms with Gasteiger partial charge in [0.1, 0.15) is 12.7 Å². The van der Waals surface area contributed by atoms with Crippen molar-refractivity contribution in [2.75, 3.05) is 18.0 Å². The van der Waals surface area contributed by atoms with E-state index >= 15 is 0 Å². The highest BCUT2D eigenvalue weighted by molar-refractivity contribution is 7.15. The van der Waals surface area contributed by atoms with Gasteiger partial charge in [-0.3, -0.25) is 4.79 Å². The zero-order chi connectivity index (χ0) is 18.2. The Hall–Kier alpha value is -2.74. The molecular weight excluding hydrogens is 360 g/mol. The van der Waals surface area contributed by atoms with Gasteiger partial charge in [0, 0.05) is 30.3 Å².